The van der Waals surface area contributed by atoms with Gasteiger partial charge in [0.25, 0.3) is 11.6 Å². The number of hydrogen-bond donors (Lipinski definition) is 1. The molecule has 9 nitrogen and oxygen atoms in total. The van der Waals surface area contributed by atoms with Gasteiger partial charge in [-0.05, 0) is 31.2 Å². The van der Waals surface area contributed by atoms with Gasteiger partial charge in [0.1, 0.15) is 17.2 Å². The molecule has 0 unspecified atom stereocenters. The number of nitro benzene ring substituents is 1. The topological polar surface area (TPSA) is 129 Å². The van der Waals surface area contributed by atoms with Gasteiger partial charge in [0.2, 0.25) is 0 Å². The van der Waals surface area contributed by atoms with E-state index in [1.165, 1.54) is 17.0 Å². The predicted molar refractivity (Wildman–Crippen MR) is 87.7 cm³/mol. The van der Waals surface area contributed by atoms with Crippen LogP contribution in [0.4, 0.5) is 11.4 Å². The summed E-state index contributed by atoms with van der Waals surface area (Å²) in [5.74, 6) is 0.0482. The number of benzene rings is 1. The van der Waals surface area contributed by atoms with Crippen LogP contribution in [0.2, 0.25) is 0 Å². The van der Waals surface area contributed by atoms with E-state index in [1.807, 2.05) is 0 Å². The molecule has 0 saturated carbocycles. The molecule has 0 aliphatic rings. The average Bonchev–Trinajstić information content (AvgIpc) is 2.97. The van der Waals surface area contributed by atoms with Crippen LogP contribution in [0.5, 0.6) is 0 Å². The SMILES string of the molecule is Cc1ccc(CN(C)C(=O)COC(=O)c2ccc(N)c([N+](=O)[O-])c2)o1. The Hall–Kier alpha value is -3.36. The number of nitrogen functional groups attached to an aromatic ring is 1. The summed E-state index contributed by atoms with van der Waals surface area (Å²) in [6.45, 7) is 1.53. The molecule has 0 aliphatic heterocycles. The number of rotatable bonds is 6. The molecule has 1 amide bonds. The zero-order valence-electron chi connectivity index (χ0n) is 13.7. The first kappa shape index (κ1) is 18.0. The Morgan fingerprint density at radius 1 is 1.32 bits per heavy atom. The number of hydrogen-bond acceptors (Lipinski definition) is 7. The van der Waals surface area contributed by atoms with Crippen molar-refractivity contribution in [3.05, 3.63) is 57.5 Å². The summed E-state index contributed by atoms with van der Waals surface area (Å²) >= 11 is 0. The van der Waals surface area contributed by atoms with Crippen LogP contribution in [0.25, 0.3) is 0 Å². The van der Waals surface area contributed by atoms with Crippen LogP contribution in [0, 0.1) is 17.0 Å². The number of esters is 1. The Bertz CT molecular complexity index is 814. The molecule has 2 N–H and O–H groups in total. The highest BCUT2D eigenvalue weighted by Crippen LogP contribution is 2.22. The summed E-state index contributed by atoms with van der Waals surface area (Å²) in [7, 11) is 1.54. The summed E-state index contributed by atoms with van der Waals surface area (Å²) in [5.41, 5.74) is 4.95. The van der Waals surface area contributed by atoms with Crippen molar-refractivity contribution in [2.45, 2.75) is 13.5 Å². The zero-order valence-corrected chi connectivity index (χ0v) is 13.7. The van der Waals surface area contributed by atoms with Crippen LogP contribution in [0.1, 0.15) is 21.9 Å². The van der Waals surface area contributed by atoms with Gasteiger partial charge in [-0.1, -0.05) is 0 Å². The number of nitrogens with two attached hydrogens (primary N) is 1. The molecule has 0 atom stereocenters. The molecule has 0 fully saturated rings. The number of carbonyl (C=O) groups is 2. The van der Waals surface area contributed by atoms with Crippen molar-refractivity contribution in [3.8, 4) is 0 Å². The monoisotopic (exact) mass is 347 g/mol. The Balaban J connectivity index is 1.93. The van der Waals surface area contributed by atoms with E-state index in [4.69, 9.17) is 14.9 Å². The molecule has 0 saturated heterocycles. The fourth-order valence-corrected chi connectivity index (χ4v) is 2.04. The molecular formula is C16H17N3O6. The number of nitro groups is 1. The summed E-state index contributed by atoms with van der Waals surface area (Å²) in [6.07, 6.45) is 0. The van der Waals surface area contributed by atoms with Crippen molar-refractivity contribution in [1.82, 2.24) is 4.90 Å². The highest BCUT2D eigenvalue weighted by Gasteiger charge is 2.18. The van der Waals surface area contributed by atoms with E-state index in [9.17, 15) is 19.7 Å². The van der Waals surface area contributed by atoms with Crippen LogP contribution in [0.3, 0.4) is 0 Å². The molecule has 25 heavy (non-hydrogen) atoms. The maximum atomic E-state index is 12.0. The van der Waals surface area contributed by atoms with Crippen molar-refractivity contribution in [2.75, 3.05) is 19.4 Å². The largest absolute Gasteiger partial charge is 0.464 e. The van der Waals surface area contributed by atoms with Gasteiger partial charge in [0, 0.05) is 13.1 Å². The summed E-state index contributed by atoms with van der Waals surface area (Å²) < 4.78 is 10.3. The lowest BCUT2D eigenvalue weighted by Crippen LogP contribution is -2.30. The first-order chi connectivity index (χ1) is 11.8. The number of nitrogens with zero attached hydrogens (tertiary/aromatic N) is 2. The molecule has 0 aliphatic carbocycles. The molecule has 2 aromatic rings. The molecule has 132 valence electrons. The predicted octanol–water partition coefficient (Wildman–Crippen LogP) is 1.89. The summed E-state index contributed by atoms with van der Waals surface area (Å²) in [5, 5.41) is 10.8. The third kappa shape index (κ3) is 4.56. The van der Waals surface area contributed by atoms with Crippen LogP contribution < -0.4 is 5.73 Å². The lowest BCUT2D eigenvalue weighted by Gasteiger charge is -2.15. The quantitative estimate of drug-likeness (QED) is 0.365. The van der Waals surface area contributed by atoms with Gasteiger partial charge in [-0.15, -0.1) is 0 Å². The van der Waals surface area contributed by atoms with Crippen molar-refractivity contribution in [2.24, 2.45) is 0 Å². The minimum Gasteiger partial charge on any atom is -0.464 e. The van der Waals surface area contributed by atoms with Gasteiger partial charge in [0.15, 0.2) is 6.61 Å². The maximum Gasteiger partial charge on any atom is 0.338 e. The van der Waals surface area contributed by atoms with E-state index in [0.29, 0.717) is 5.76 Å². The minimum absolute atomic E-state index is 0.0574. The molecule has 0 radical (unpaired) electrons. The highest BCUT2D eigenvalue weighted by atomic mass is 16.6. The van der Waals surface area contributed by atoms with E-state index in [-0.39, 0.29) is 17.8 Å². The summed E-state index contributed by atoms with van der Waals surface area (Å²) in [4.78, 5) is 35.4. The van der Waals surface area contributed by atoms with E-state index < -0.39 is 29.1 Å². The second-order valence-corrected chi connectivity index (χ2v) is 5.37. The number of anilines is 1. The van der Waals surface area contributed by atoms with Crippen LogP contribution in [0.15, 0.2) is 34.7 Å². The number of likely N-dealkylation sites (N-methyl/N-ethyl adjacent to an activating group) is 1. The van der Waals surface area contributed by atoms with Crippen LogP contribution in [-0.4, -0.2) is 35.4 Å². The van der Waals surface area contributed by atoms with Crippen LogP contribution >= 0.6 is 0 Å². The summed E-state index contributed by atoms with van der Waals surface area (Å²) in [6, 6.07) is 7.07. The van der Waals surface area contributed by atoms with Crippen molar-refractivity contribution < 1.29 is 23.7 Å². The molecule has 0 bridgehead atoms. The van der Waals surface area contributed by atoms with Gasteiger partial charge in [0.05, 0.1) is 17.0 Å². The Morgan fingerprint density at radius 2 is 2.04 bits per heavy atom. The van der Waals surface area contributed by atoms with Gasteiger partial charge in [-0.3, -0.25) is 14.9 Å². The van der Waals surface area contributed by atoms with Gasteiger partial charge >= 0.3 is 5.97 Å². The van der Waals surface area contributed by atoms with Crippen molar-refractivity contribution >= 4 is 23.3 Å². The Kier molecular flexibility index (Phi) is 5.38. The van der Waals surface area contributed by atoms with Crippen molar-refractivity contribution in [3.63, 3.8) is 0 Å². The molecule has 0 spiro atoms. The fourth-order valence-electron chi connectivity index (χ4n) is 2.04. The second kappa shape index (κ2) is 7.47. The van der Waals surface area contributed by atoms with Gasteiger partial charge in [-0.2, -0.15) is 0 Å². The fraction of sp³-hybridized carbons (Fsp3) is 0.250. The number of furan rings is 1. The molecule has 1 aromatic carbocycles. The maximum absolute atomic E-state index is 12.0. The van der Waals surface area contributed by atoms with Crippen molar-refractivity contribution in [1.29, 1.82) is 0 Å². The van der Waals surface area contributed by atoms with E-state index in [1.54, 1.807) is 26.1 Å². The smallest absolute Gasteiger partial charge is 0.338 e. The number of ether oxygens (including phenoxy) is 1. The van der Waals surface area contributed by atoms with E-state index in [2.05, 4.69) is 0 Å². The van der Waals surface area contributed by atoms with Crippen LogP contribution in [-0.2, 0) is 16.1 Å². The molecule has 9 heteroatoms. The normalized spacial score (nSPS) is 10.3. The van der Waals surface area contributed by atoms with E-state index >= 15 is 0 Å². The lowest BCUT2D eigenvalue weighted by atomic mass is 10.2. The third-order valence-electron chi connectivity index (χ3n) is 3.40. The second-order valence-electron chi connectivity index (χ2n) is 5.37. The first-order valence-electron chi connectivity index (χ1n) is 7.28. The Labute approximate surface area is 143 Å². The lowest BCUT2D eigenvalue weighted by molar-refractivity contribution is -0.383. The number of carbonyl (C=O) groups excluding carboxylic acids is 2. The van der Waals surface area contributed by atoms with Gasteiger partial charge < -0.3 is 19.8 Å². The van der Waals surface area contributed by atoms with Gasteiger partial charge in [-0.25, -0.2) is 4.79 Å². The Morgan fingerprint density at radius 3 is 2.64 bits per heavy atom. The number of amides is 1. The molecule has 1 aromatic heterocycles. The third-order valence-corrected chi connectivity index (χ3v) is 3.40. The first-order valence-corrected chi connectivity index (χ1v) is 7.28. The van der Waals surface area contributed by atoms with E-state index in [0.717, 1.165) is 11.8 Å². The minimum atomic E-state index is -0.848. The highest BCUT2D eigenvalue weighted by molar-refractivity contribution is 5.92. The average molecular weight is 347 g/mol. The molecular weight excluding hydrogens is 330 g/mol. The molecule has 2 rings (SSSR count). The zero-order chi connectivity index (χ0) is 18.6. The number of aryl methyl sites for hydroxylation is 1. The molecule has 1 heterocycles. The standard InChI is InChI=1S/C16H17N3O6/c1-10-3-5-12(25-10)8-18(2)15(20)9-24-16(21)11-4-6-13(17)14(7-11)19(22)23/h3-7H,8-9,17H2,1-2H3.